The molecule has 1 aromatic rings. The van der Waals surface area contributed by atoms with E-state index in [1.54, 1.807) is 0 Å². The number of fused-ring (bicyclic) bond motifs is 2. The maximum atomic E-state index is 12.4. The number of halogens is 1. The van der Waals surface area contributed by atoms with Crippen LogP contribution >= 0.6 is 11.6 Å². The van der Waals surface area contributed by atoms with Crippen molar-refractivity contribution in [2.75, 3.05) is 0 Å². The SMILES string of the molecule is NC1C2CCC(C2)C1C(=O)Cc1ccc(Cl)cc1. The molecule has 2 N–H and O–H groups in total. The summed E-state index contributed by atoms with van der Waals surface area (Å²) in [5.74, 6) is 1.55. The topological polar surface area (TPSA) is 43.1 Å². The lowest BCUT2D eigenvalue weighted by Gasteiger charge is -2.26. The first-order valence-electron chi connectivity index (χ1n) is 6.68. The summed E-state index contributed by atoms with van der Waals surface area (Å²) in [6.45, 7) is 0. The second-order valence-electron chi connectivity index (χ2n) is 5.71. The monoisotopic (exact) mass is 263 g/mol. The van der Waals surface area contributed by atoms with Gasteiger partial charge in [0.1, 0.15) is 5.78 Å². The Morgan fingerprint density at radius 1 is 1.22 bits per heavy atom. The third-order valence-corrected chi connectivity index (χ3v) is 4.90. The predicted molar refractivity (Wildman–Crippen MR) is 72.5 cm³/mol. The fourth-order valence-electron chi connectivity index (χ4n) is 3.73. The number of ketones is 1. The second-order valence-corrected chi connectivity index (χ2v) is 6.14. The zero-order valence-electron chi connectivity index (χ0n) is 10.3. The third kappa shape index (κ3) is 2.08. The van der Waals surface area contributed by atoms with Gasteiger partial charge < -0.3 is 5.73 Å². The quantitative estimate of drug-likeness (QED) is 0.911. The largest absolute Gasteiger partial charge is 0.327 e. The molecule has 0 aromatic heterocycles. The van der Waals surface area contributed by atoms with Crippen LogP contribution < -0.4 is 5.73 Å². The third-order valence-electron chi connectivity index (χ3n) is 4.64. The van der Waals surface area contributed by atoms with E-state index in [1.807, 2.05) is 24.3 Å². The van der Waals surface area contributed by atoms with E-state index >= 15 is 0 Å². The van der Waals surface area contributed by atoms with Gasteiger partial charge in [0, 0.05) is 23.4 Å². The molecule has 2 aliphatic carbocycles. The first kappa shape index (κ1) is 12.2. The number of rotatable bonds is 3. The van der Waals surface area contributed by atoms with Gasteiger partial charge in [-0.15, -0.1) is 0 Å². The Bertz CT molecular complexity index is 454. The van der Waals surface area contributed by atoms with Crippen LogP contribution in [0, 0.1) is 17.8 Å². The molecule has 2 fully saturated rings. The summed E-state index contributed by atoms with van der Waals surface area (Å²) >= 11 is 5.84. The van der Waals surface area contributed by atoms with Crippen molar-refractivity contribution in [2.45, 2.75) is 31.7 Å². The number of carbonyl (C=O) groups excluding carboxylic acids is 1. The first-order valence-corrected chi connectivity index (χ1v) is 7.05. The van der Waals surface area contributed by atoms with Gasteiger partial charge in [-0.3, -0.25) is 4.79 Å². The molecule has 0 spiro atoms. The van der Waals surface area contributed by atoms with Gasteiger partial charge in [-0.1, -0.05) is 23.7 Å². The Morgan fingerprint density at radius 3 is 2.50 bits per heavy atom. The van der Waals surface area contributed by atoms with Gasteiger partial charge in [-0.2, -0.15) is 0 Å². The normalized spacial score (nSPS) is 33.9. The minimum absolute atomic E-state index is 0.0967. The number of nitrogens with two attached hydrogens (primary N) is 1. The summed E-state index contributed by atoms with van der Waals surface area (Å²) in [5, 5.41) is 0.711. The predicted octanol–water partition coefficient (Wildman–Crippen LogP) is 2.83. The molecular weight excluding hydrogens is 246 g/mol. The fourth-order valence-corrected chi connectivity index (χ4v) is 3.86. The van der Waals surface area contributed by atoms with E-state index in [0.29, 0.717) is 29.1 Å². The Hall–Kier alpha value is -0.860. The van der Waals surface area contributed by atoms with E-state index < -0.39 is 0 Å². The number of benzene rings is 1. The molecule has 4 unspecified atom stereocenters. The highest BCUT2D eigenvalue weighted by molar-refractivity contribution is 6.30. The van der Waals surface area contributed by atoms with E-state index in [2.05, 4.69) is 0 Å². The minimum Gasteiger partial charge on any atom is -0.327 e. The maximum absolute atomic E-state index is 12.4. The summed E-state index contributed by atoms with van der Waals surface area (Å²) < 4.78 is 0. The van der Waals surface area contributed by atoms with E-state index in [1.165, 1.54) is 12.8 Å². The van der Waals surface area contributed by atoms with Crippen LogP contribution in [0.5, 0.6) is 0 Å². The Morgan fingerprint density at radius 2 is 1.89 bits per heavy atom. The van der Waals surface area contributed by atoms with Crippen molar-refractivity contribution in [2.24, 2.45) is 23.5 Å². The van der Waals surface area contributed by atoms with Crippen molar-refractivity contribution in [3.05, 3.63) is 34.9 Å². The van der Waals surface area contributed by atoms with E-state index in [-0.39, 0.29) is 12.0 Å². The molecule has 0 amide bonds. The molecule has 96 valence electrons. The lowest BCUT2D eigenvalue weighted by Crippen LogP contribution is -2.40. The molecule has 1 aromatic carbocycles. The Kier molecular flexibility index (Phi) is 3.16. The Balaban J connectivity index is 1.70. The molecular formula is C15H18ClNO. The number of hydrogen-bond acceptors (Lipinski definition) is 2. The second kappa shape index (κ2) is 4.67. The highest BCUT2D eigenvalue weighted by Gasteiger charge is 2.48. The van der Waals surface area contributed by atoms with E-state index in [4.69, 9.17) is 17.3 Å². The minimum atomic E-state index is 0.0967. The van der Waals surface area contributed by atoms with Crippen molar-refractivity contribution < 1.29 is 4.79 Å². The molecule has 2 nitrogen and oxygen atoms in total. The first-order chi connectivity index (χ1) is 8.65. The lowest BCUT2D eigenvalue weighted by atomic mass is 9.80. The number of Topliss-reactive ketones (excluding diaryl/α,β-unsaturated/α-hetero) is 1. The molecule has 3 rings (SSSR count). The maximum Gasteiger partial charge on any atom is 0.142 e. The summed E-state index contributed by atoms with van der Waals surface area (Å²) in [6.07, 6.45) is 4.07. The molecule has 4 atom stereocenters. The van der Waals surface area contributed by atoms with Crippen molar-refractivity contribution >= 4 is 17.4 Å². The van der Waals surface area contributed by atoms with Gasteiger partial charge in [0.15, 0.2) is 0 Å². The summed E-state index contributed by atoms with van der Waals surface area (Å²) in [6, 6.07) is 7.64. The highest BCUT2D eigenvalue weighted by atomic mass is 35.5. The lowest BCUT2D eigenvalue weighted by molar-refractivity contribution is -0.124. The van der Waals surface area contributed by atoms with Crippen molar-refractivity contribution in [3.8, 4) is 0 Å². The van der Waals surface area contributed by atoms with Gasteiger partial charge in [-0.25, -0.2) is 0 Å². The molecule has 0 radical (unpaired) electrons. The van der Waals surface area contributed by atoms with E-state index in [0.717, 1.165) is 12.0 Å². The van der Waals surface area contributed by atoms with Crippen LogP contribution in [-0.2, 0) is 11.2 Å². The average Bonchev–Trinajstić information content (AvgIpc) is 2.92. The zero-order valence-corrected chi connectivity index (χ0v) is 11.1. The number of carbonyl (C=O) groups is 1. The molecule has 0 heterocycles. The zero-order chi connectivity index (χ0) is 12.7. The van der Waals surface area contributed by atoms with Crippen LogP contribution in [0.1, 0.15) is 24.8 Å². The van der Waals surface area contributed by atoms with Gasteiger partial charge in [0.2, 0.25) is 0 Å². The van der Waals surface area contributed by atoms with Crippen LogP contribution in [0.25, 0.3) is 0 Å². The van der Waals surface area contributed by atoms with Gasteiger partial charge in [0.05, 0.1) is 0 Å². The average molecular weight is 264 g/mol. The summed E-state index contributed by atoms with van der Waals surface area (Å²) in [5.41, 5.74) is 7.24. The van der Waals surface area contributed by atoms with Gasteiger partial charge >= 0.3 is 0 Å². The van der Waals surface area contributed by atoms with Crippen LogP contribution in [0.2, 0.25) is 5.02 Å². The van der Waals surface area contributed by atoms with Crippen LogP contribution in [0.4, 0.5) is 0 Å². The van der Waals surface area contributed by atoms with Gasteiger partial charge in [0.25, 0.3) is 0 Å². The van der Waals surface area contributed by atoms with E-state index in [9.17, 15) is 4.79 Å². The fraction of sp³-hybridized carbons (Fsp3) is 0.533. The highest BCUT2D eigenvalue weighted by Crippen LogP contribution is 2.48. The van der Waals surface area contributed by atoms with Crippen LogP contribution in [0.15, 0.2) is 24.3 Å². The van der Waals surface area contributed by atoms with Crippen LogP contribution in [-0.4, -0.2) is 11.8 Å². The molecule has 3 heteroatoms. The van der Waals surface area contributed by atoms with Crippen molar-refractivity contribution in [1.29, 1.82) is 0 Å². The number of hydrogen-bond donors (Lipinski definition) is 1. The molecule has 0 saturated heterocycles. The Labute approximate surface area is 113 Å². The van der Waals surface area contributed by atoms with Gasteiger partial charge in [-0.05, 0) is 48.8 Å². The molecule has 2 saturated carbocycles. The molecule has 2 aliphatic rings. The summed E-state index contributed by atoms with van der Waals surface area (Å²) in [4.78, 5) is 12.4. The van der Waals surface area contributed by atoms with Crippen molar-refractivity contribution in [3.63, 3.8) is 0 Å². The molecule has 0 aliphatic heterocycles. The standard InChI is InChI=1S/C15H18ClNO/c16-12-5-1-9(2-6-12)7-13(18)14-10-3-4-11(8-10)15(14)17/h1-2,5-6,10-11,14-15H,3-4,7-8,17H2. The molecule has 2 bridgehead atoms. The van der Waals surface area contributed by atoms with Crippen LogP contribution in [0.3, 0.4) is 0 Å². The summed E-state index contributed by atoms with van der Waals surface area (Å²) in [7, 11) is 0. The molecule has 18 heavy (non-hydrogen) atoms. The van der Waals surface area contributed by atoms with Crippen molar-refractivity contribution in [1.82, 2.24) is 0 Å². The smallest absolute Gasteiger partial charge is 0.142 e.